The molecule has 0 aromatic heterocycles. The third-order valence-electron chi connectivity index (χ3n) is 3.26. The smallest absolute Gasteiger partial charge is 0.141 e. The monoisotopic (exact) mass is 355 g/mol. The molecular formula is C16H16BrClFN. The summed E-state index contributed by atoms with van der Waals surface area (Å²) in [6.07, 6.45) is 0. The van der Waals surface area contributed by atoms with Crippen molar-refractivity contribution in [3.05, 3.63) is 62.3 Å². The highest BCUT2D eigenvalue weighted by atomic mass is 79.9. The standard InChI is InChI=1S/C16H16BrClFN/c1-9-6-13(7-10(2)16(9)17)20-11(3)12-4-5-15(19)14(18)8-12/h4-8,11,20H,1-3H3. The van der Waals surface area contributed by atoms with Gasteiger partial charge < -0.3 is 5.32 Å². The Balaban J connectivity index is 2.23. The molecule has 1 unspecified atom stereocenters. The summed E-state index contributed by atoms with van der Waals surface area (Å²) in [5.74, 6) is -0.391. The fraction of sp³-hybridized carbons (Fsp3) is 0.250. The first-order chi connectivity index (χ1) is 9.38. The van der Waals surface area contributed by atoms with Crippen LogP contribution in [0.2, 0.25) is 5.02 Å². The first kappa shape index (κ1) is 15.3. The van der Waals surface area contributed by atoms with Gasteiger partial charge in [-0.15, -0.1) is 0 Å². The van der Waals surface area contributed by atoms with Crippen molar-refractivity contribution in [1.82, 2.24) is 0 Å². The van der Waals surface area contributed by atoms with Crippen LogP contribution in [0.4, 0.5) is 10.1 Å². The highest BCUT2D eigenvalue weighted by Gasteiger charge is 2.10. The molecule has 4 heteroatoms. The van der Waals surface area contributed by atoms with Crippen molar-refractivity contribution in [2.75, 3.05) is 5.32 Å². The summed E-state index contributed by atoms with van der Waals surface area (Å²) < 4.78 is 14.3. The Hall–Kier alpha value is -1.06. The molecule has 0 aliphatic carbocycles. The second-order valence-corrected chi connectivity index (χ2v) is 6.16. The Morgan fingerprint density at radius 1 is 1.15 bits per heavy atom. The first-order valence-corrected chi connectivity index (χ1v) is 7.54. The van der Waals surface area contributed by atoms with Crippen LogP contribution in [0.15, 0.2) is 34.8 Å². The summed E-state index contributed by atoms with van der Waals surface area (Å²) in [7, 11) is 0. The molecule has 0 fully saturated rings. The molecule has 0 saturated carbocycles. The molecule has 106 valence electrons. The molecule has 2 rings (SSSR count). The molecule has 0 saturated heterocycles. The van der Waals surface area contributed by atoms with Gasteiger partial charge in [-0.3, -0.25) is 0 Å². The maximum absolute atomic E-state index is 13.2. The quantitative estimate of drug-likeness (QED) is 0.708. The van der Waals surface area contributed by atoms with Crippen LogP contribution in [-0.2, 0) is 0 Å². The lowest BCUT2D eigenvalue weighted by Gasteiger charge is -2.18. The minimum absolute atomic E-state index is 0.0491. The van der Waals surface area contributed by atoms with Crippen molar-refractivity contribution in [2.45, 2.75) is 26.8 Å². The first-order valence-electron chi connectivity index (χ1n) is 6.36. The molecule has 1 N–H and O–H groups in total. The van der Waals surface area contributed by atoms with E-state index >= 15 is 0 Å². The fourth-order valence-corrected chi connectivity index (χ4v) is 2.56. The van der Waals surface area contributed by atoms with Gasteiger partial charge >= 0.3 is 0 Å². The number of nitrogens with one attached hydrogen (secondary N) is 1. The van der Waals surface area contributed by atoms with E-state index in [4.69, 9.17) is 11.6 Å². The molecule has 0 radical (unpaired) electrons. The Kier molecular flexibility index (Phi) is 4.71. The molecule has 2 aromatic carbocycles. The Morgan fingerprint density at radius 3 is 2.30 bits per heavy atom. The Labute approximate surface area is 132 Å². The van der Waals surface area contributed by atoms with Crippen LogP contribution in [-0.4, -0.2) is 0 Å². The number of anilines is 1. The van der Waals surface area contributed by atoms with E-state index in [1.807, 2.05) is 6.92 Å². The zero-order chi connectivity index (χ0) is 14.9. The molecular weight excluding hydrogens is 341 g/mol. The van der Waals surface area contributed by atoms with Gasteiger partial charge in [-0.25, -0.2) is 4.39 Å². The molecule has 0 heterocycles. The Morgan fingerprint density at radius 2 is 1.75 bits per heavy atom. The van der Waals surface area contributed by atoms with Crippen LogP contribution >= 0.6 is 27.5 Å². The van der Waals surface area contributed by atoms with Gasteiger partial charge in [0, 0.05) is 16.2 Å². The van der Waals surface area contributed by atoms with Crippen LogP contribution in [0.1, 0.15) is 29.7 Å². The number of aryl methyl sites for hydroxylation is 2. The summed E-state index contributed by atoms with van der Waals surface area (Å²) in [5.41, 5.74) is 4.35. The number of halogens is 3. The van der Waals surface area contributed by atoms with E-state index in [2.05, 4.69) is 47.2 Å². The van der Waals surface area contributed by atoms with Gasteiger partial charge in [-0.1, -0.05) is 33.6 Å². The zero-order valence-corrected chi connectivity index (χ0v) is 13.9. The fourth-order valence-electron chi connectivity index (χ4n) is 2.14. The van der Waals surface area contributed by atoms with Gasteiger partial charge in [0.25, 0.3) is 0 Å². The van der Waals surface area contributed by atoms with Crippen molar-refractivity contribution in [3.63, 3.8) is 0 Å². The lowest BCUT2D eigenvalue weighted by molar-refractivity contribution is 0.627. The van der Waals surface area contributed by atoms with E-state index in [9.17, 15) is 4.39 Å². The lowest BCUT2D eigenvalue weighted by Crippen LogP contribution is -2.07. The van der Waals surface area contributed by atoms with E-state index < -0.39 is 5.82 Å². The highest BCUT2D eigenvalue weighted by molar-refractivity contribution is 9.10. The zero-order valence-electron chi connectivity index (χ0n) is 11.6. The van der Waals surface area contributed by atoms with Gasteiger partial charge in [0.1, 0.15) is 5.82 Å². The predicted molar refractivity (Wildman–Crippen MR) is 87.1 cm³/mol. The molecule has 0 bridgehead atoms. The van der Waals surface area contributed by atoms with Gasteiger partial charge in [0.2, 0.25) is 0 Å². The summed E-state index contributed by atoms with van der Waals surface area (Å²) >= 11 is 9.38. The minimum atomic E-state index is -0.391. The lowest BCUT2D eigenvalue weighted by atomic mass is 10.1. The van der Waals surface area contributed by atoms with Gasteiger partial charge in [-0.2, -0.15) is 0 Å². The average molecular weight is 357 g/mol. The highest BCUT2D eigenvalue weighted by Crippen LogP contribution is 2.28. The summed E-state index contributed by atoms with van der Waals surface area (Å²) in [6.45, 7) is 6.14. The van der Waals surface area contributed by atoms with E-state index in [0.29, 0.717) is 0 Å². The second kappa shape index (κ2) is 6.15. The van der Waals surface area contributed by atoms with E-state index in [-0.39, 0.29) is 11.1 Å². The van der Waals surface area contributed by atoms with Crippen molar-refractivity contribution in [1.29, 1.82) is 0 Å². The van der Waals surface area contributed by atoms with Crippen LogP contribution in [0.3, 0.4) is 0 Å². The molecule has 1 atom stereocenters. The van der Waals surface area contributed by atoms with Crippen molar-refractivity contribution in [2.24, 2.45) is 0 Å². The third-order valence-corrected chi connectivity index (χ3v) is 4.80. The number of hydrogen-bond donors (Lipinski definition) is 1. The van der Waals surface area contributed by atoms with Gasteiger partial charge in [0.15, 0.2) is 0 Å². The Bertz CT molecular complexity index is 619. The molecule has 0 aliphatic heterocycles. The molecule has 0 spiro atoms. The van der Waals surface area contributed by atoms with Crippen molar-refractivity contribution in [3.8, 4) is 0 Å². The normalized spacial score (nSPS) is 12.3. The van der Waals surface area contributed by atoms with Crippen LogP contribution < -0.4 is 5.32 Å². The maximum Gasteiger partial charge on any atom is 0.141 e. The molecule has 20 heavy (non-hydrogen) atoms. The average Bonchev–Trinajstić information content (AvgIpc) is 2.39. The molecule has 0 aliphatic rings. The number of hydrogen-bond acceptors (Lipinski definition) is 1. The largest absolute Gasteiger partial charge is 0.379 e. The summed E-state index contributed by atoms with van der Waals surface area (Å²) in [5, 5.41) is 3.56. The van der Waals surface area contributed by atoms with E-state index in [1.165, 1.54) is 17.2 Å². The summed E-state index contributed by atoms with van der Waals surface area (Å²) in [4.78, 5) is 0. The van der Waals surface area contributed by atoms with Crippen LogP contribution in [0.5, 0.6) is 0 Å². The summed E-state index contributed by atoms with van der Waals surface area (Å²) in [6, 6.07) is 9.02. The molecule has 2 aromatic rings. The van der Waals surface area contributed by atoms with Crippen LogP contribution in [0, 0.1) is 19.7 Å². The predicted octanol–water partition coefficient (Wildman–Crippen LogP) is 6.03. The third kappa shape index (κ3) is 3.33. The SMILES string of the molecule is Cc1cc(NC(C)c2ccc(F)c(Cl)c2)cc(C)c1Br. The topological polar surface area (TPSA) is 12.0 Å². The van der Waals surface area contributed by atoms with Crippen molar-refractivity contribution >= 4 is 33.2 Å². The van der Waals surface area contributed by atoms with Gasteiger partial charge in [0.05, 0.1) is 5.02 Å². The minimum Gasteiger partial charge on any atom is -0.379 e. The number of benzene rings is 2. The molecule has 0 amide bonds. The second-order valence-electron chi connectivity index (χ2n) is 4.96. The molecule has 1 nitrogen and oxygen atoms in total. The van der Waals surface area contributed by atoms with E-state index in [1.54, 1.807) is 12.1 Å². The van der Waals surface area contributed by atoms with Crippen LogP contribution in [0.25, 0.3) is 0 Å². The van der Waals surface area contributed by atoms with Gasteiger partial charge in [-0.05, 0) is 61.7 Å². The van der Waals surface area contributed by atoms with Crippen molar-refractivity contribution < 1.29 is 4.39 Å². The maximum atomic E-state index is 13.2. The van der Waals surface area contributed by atoms with E-state index in [0.717, 1.165) is 15.7 Å². The number of rotatable bonds is 3.